The molecule has 1 N–H and O–H groups in total. The van der Waals surface area contributed by atoms with Crippen LogP contribution in [0.1, 0.15) is 18.1 Å². The number of halogens is 2. The molecular weight excluding hydrogens is 441 g/mol. The van der Waals surface area contributed by atoms with Crippen LogP contribution in [0.4, 0.5) is 5.69 Å². The van der Waals surface area contributed by atoms with E-state index in [4.69, 9.17) is 23.2 Å². The van der Waals surface area contributed by atoms with Crippen LogP contribution in [0.15, 0.2) is 65.6 Å². The van der Waals surface area contributed by atoms with Gasteiger partial charge < -0.3 is 5.32 Å². The van der Waals surface area contributed by atoms with Gasteiger partial charge in [0.25, 0.3) is 0 Å². The Morgan fingerprint density at radius 3 is 2.30 bits per heavy atom. The number of rotatable bonds is 6. The number of benzene rings is 3. The van der Waals surface area contributed by atoms with Crippen molar-refractivity contribution in [2.75, 3.05) is 11.1 Å². The lowest BCUT2D eigenvalue weighted by Crippen LogP contribution is -2.14. The fourth-order valence-electron chi connectivity index (χ4n) is 3.07. The second kappa shape index (κ2) is 9.21. The minimum Gasteiger partial charge on any atom is -0.326 e. The maximum atomic E-state index is 12.5. The molecule has 0 aliphatic rings. The first-order valence-corrected chi connectivity index (χ1v) is 11.8. The van der Waals surface area contributed by atoms with Crippen LogP contribution in [0.2, 0.25) is 10.0 Å². The van der Waals surface area contributed by atoms with E-state index in [0.717, 1.165) is 22.3 Å². The van der Waals surface area contributed by atoms with Gasteiger partial charge in [-0.2, -0.15) is 0 Å². The Bertz CT molecular complexity index is 1190. The van der Waals surface area contributed by atoms with Crippen molar-refractivity contribution in [1.29, 1.82) is 0 Å². The molecule has 0 saturated heterocycles. The number of anilines is 1. The van der Waals surface area contributed by atoms with Crippen molar-refractivity contribution < 1.29 is 13.2 Å². The lowest BCUT2D eigenvalue weighted by molar-refractivity contribution is -0.115. The molecule has 0 spiro atoms. The first-order chi connectivity index (χ1) is 14.2. The van der Waals surface area contributed by atoms with Gasteiger partial charge in [0, 0.05) is 21.3 Å². The second-order valence-electron chi connectivity index (χ2n) is 6.93. The fraction of sp³-hybridized carbons (Fsp3) is 0.174. The van der Waals surface area contributed by atoms with E-state index in [1.165, 1.54) is 12.1 Å². The number of aryl methyl sites for hydroxylation is 1. The van der Waals surface area contributed by atoms with Crippen molar-refractivity contribution in [3.05, 3.63) is 81.8 Å². The Labute approximate surface area is 186 Å². The zero-order valence-corrected chi connectivity index (χ0v) is 18.9. The van der Waals surface area contributed by atoms with Gasteiger partial charge >= 0.3 is 0 Å². The smallest absolute Gasteiger partial charge is 0.228 e. The highest BCUT2D eigenvalue weighted by Gasteiger charge is 2.13. The summed E-state index contributed by atoms with van der Waals surface area (Å²) in [5.74, 6) is -0.160. The quantitative estimate of drug-likeness (QED) is 0.493. The van der Waals surface area contributed by atoms with E-state index in [-0.39, 0.29) is 23.0 Å². The predicted molar refractivity (Wildman–Crippen MR) is 123 cm³/mol. The number of carbonyl (C=O) groups is 1. The highest BCUT2D eigenvalue weighted by molar-refractivity contribution is 7.91. The molecule has 0 saturated carbocycles. The summed E-state index contributed by atoms with van der Waals surface area (Å²) in [6.45, 7) is 3.56. The second-order valence-corrected chi connectivity index (χ2v) is 10.0. The van der Waals surface area contributed by atoms with E-state index in [1.54, 1.807) is 37.3 Å². The van der Waals surface area contributed by atoms with Crippen LogP contribution >= 0.6 is 23.2 Å². The van der Waals surface area contributed by atoms with Gasteiger partial charge in [-0.05, 0) is 66.1 Å². The lowest BCUT2D eigenvalue weighted by atomic mass is 9.99. The molecule has 3 aromatic rings. The molecule has 0 fully saturated rings. The van der Waals surface area contributed by atoms with E-state index in [1.807, 2.05) is 25.1 Å². The zero-order valence-electron chi connectivity index (χ0n) is 16.6. The van der Waals surface area contributed by atoms with Crippen LogP contribution < -0.4 is 5.32 Å². The molecular formula is C23H21Cl2NO3S. The molecule has 0 aliphatic carbocycles. The molecule has 0 radical (unpaired) electrons. The minimum absolute atomic E-state index is 0.0409. The van der Waals surface area contributed by atoms with Crippen LogP contribution in [0.5, 0.6) is 0 Å². The van der Waals surface area contributed by atoms with Crippen molar-refractivity contribution in [2.24, 2.45) is 0 Å². The molecule has 4 nitrogen and oxygen atoms in total. The number of hydrogen-bond acceptors (Lipinski definition) is 3. The van der Waals surface area contributed by atoms with E-state index in [2.05, 4.69) is 5.32 Å². The van der Waals surface area contributed by atoms with Gasteiger partial charge in [0.15, 0.2) is 9.84 Å². The third kappa shape index (κ3) is 5.22. The lowest BCUT2D eigenvalue weighted by Gasteiger charge is -2.12. The normalized spacial score (nSPS) is 11.3. The van der Waals surface area contributed by atoms with E-state index < -0.39 is 9.84 Å². The van der Waals surface area contributed by atoms with Crippen molar-refractivity contribution in [1.82, 2.24) is 0 Å². The summed E-state index contributed by atoms with van der Waals surface area (Å²) in [6.07, 6.45) is 0.133. The SMILES string of the molecule is CCS(=O)(=O)c1ccc(CC(=O)Nc2ccc(C)c(-c3cc(Cl)ccc3Cl)c2)cc1. The fourth-order valence-corrected chi connectivity index (χ4v) is 4.34. The summed E-state index contributed by atoms with van der Waals surface area (Å²) in [5.41, 5.74) is 4.05. The standard InChI is InChI=1S/C23H21Cl2NO3S/c1-3-30(28,29)19-9-5-16(6-10-19)12-23(27)26-18-8-4-15(2)20(14-18)21-13-17(24)7-11-22(21)25/h4-11,13-14H,3,12H2,1-2H3,(H,26,27). The average molecular weight is 462 g/mol. The molecule has 7 heteroatoms. The van der Waals surface area contributed by atoms with Crippen LogP contribution in [0.25, 0.3) is 11.1 Å². The Morgan fingerprint density at radius 1 is 0.933 bits per heavy atom. The summed E-state index contributed by atoms with van der Waals surface area (Å²) in [6, 6.07) is 17.3. The van der Waals surface area contributed by atoms with Crippen LogP contribution in [0, 0.1) is 6.92 Å². The predicted octanol–water partition coefficient (Wildman–Crippen LogP) is 5.94. The van der Waals surface area contributed by atoms with E-state index >= 15 is 0 Å². The van der Waals surface area contributed by atoms with Gasteiger partial charge in [0.2, 0.25) is 5.91 Å². The van der Waals surface area contributed by atoms with Gasteiger partial charge in [-0.3, -0.25) is 4.79 Å². The Balaban J connectivity index is 1.77. The maximum Gasteiger partial charge on any atom is 0.228 e. The van der Waals surface area contributed by atoms with Gasteiger partial charge in [-0.25, -0.2) is 8.42 Å². The molecule has 0 atom stereocenters. The first-order valence-electron chi connectivity index (χ1n) is 9.37. The highest BCUT2D eigenvalue weighted by Crippen LogP contribution is 2.34. The molecule has 30 heavy (non-hydrogen) atoms. The Kier molecular flexibility index (Phi) is 6.86. The van der Waals surface area contributed by atoms with Crippen LogP contribution in [-0.2, 0) is 21.1 Å². The number of amides is 1. The first kappa shape index (κ1) is 22.3. The van der Waals surface area contributed by atoms with E-state index in [0.29, 0.717) is 15.7 Å². The van der Waals surface area contributed by atoms with E-state index in [9.17, 15) is 13.2 Å². The molecule has 0 aliphatic heterocycles. The van der Waals surface area contributed by atoms with Crippen molar-refractivity contribution >= 4 is 44.6 Å². The molecule has 0 heterocycles. The Hall–Kier alpha value is -2.34. The van der Waals surface area contributed by atoms with Crippen molar-refractivity contribution in [3.8, 4) is 11.1 Å². The monoisotopic (exact) mass is 461 g/mol. The molecule has 0 unspecified atom stereocenters. The summed E-state index contributed by atoms with van der Waals surface area (Å²) < 4.78 is 23.8. The van der Waals surface area contributed by atoms with Crippen LogP contribution in [0.3, 0.4) is 0 Å². The number of carbonyl (C=O) groups excluding carboxylic acids is 1. The zero-order chi connectivity index (χ0) is 21.9. The summed E-state index contributed by atoms with van der Waals surface area (Å²) >= 11 is 12.5. The third-order valence-electron chi connectivity index (χ3n) is 4.77. The summed E-state index contributed by atoms with van der Waals surface area (Å²) in [5, 5.41) is 4.04. The highest BCUT2D eigenvalue weighted by atomic mass is 35.5. The minimum atomic E-state index is -3.25. The van der Waals surface area contributed by atoms with Crippen molar-refractivity contribution in [2.45, 2.75) is 25.2 Å². The number of sulfone groups is 1. The van der Waals surface area contributed by atoms with Gasteiger partial charge in [-0.15, -0.1) is 0 Å². The average Bonchev–Trinajstić information content (AvgIpc) is 2.71. The largest absolute Gasteiger partial charge is 0.326 e. The topological polar surface area (TPSA) is 63.2 Å². The van der Waals surface area contributed by atoms with Crippen LogP contribution in [-0.4, -0.2) is 20.1 Å². The van der Waals surface area contributed by atoms with Gasteiger partial charge in [-0.1, -0.05) is 48.3 Å². The molecule has 0 aromatic heterocycles. The maximum absolute atomic E-state index is 12.5. The molecule has 1 amide bonds. The summed E-state index contributed by atoms with van der Waals surface area (Å²) in [7, 11) is -3.25. The number of hydrogen-bond donors (Lipinski definition) is 1. The van der Waals surface area contributed by atoms with Gasteiger partial charge in [0.05, 0.1) is 17.1 Å². The van der Waals surface area contributed by atoms with Gasteiger partial charge in [0.1, 0.15) is 0 Å². The Morgan fingerprint density at radius 2 is 1.63 bits per heavy atom. The number of nitrogens with one attached hydrogen (secondary N) is 1. The molecule has 3 aromatic carbocycles. The molecule has 156 valence electrons. The molecule has 0 bridgehead atoms. The van der Waals surface area contributed by atoms with Crippen molar-refractivity contribution in [3.63, 3.8) is 0 Å². The molecule has 3 rings (SSSR count). The third-order valence-corrected chi connectivity index (χ3v) is 7.08. The summed E-state index contributed by atoms with van der Waals surface area (Å²) in [4.78, 5) is 12.8.